The lowest BCUT2D eigenvalue weighted by Gasteiger charge is -2.26. The Morgan fingerprint density at radius 1 is 1.32 bits per heavy atom. The highest BCUT2D eigenvalue weighted by Gasteiger charge is 2.21. The number of rotatable bonds is 10. The molecule has 0 amide bonds. The van der Waals surface area contributed by atoms with Gasteiger partial charge in [-0.05, 0) is 26.8 Å². The molecule has 0 bridgehead atoms. The van der Waals surface area contributed by atoms with E-state index in [-0.39, 0.29) is 6.10 Å². The van der Waals surface area contributed by atoms with Crippen LogP contribution in [0.25, 0.3) is 0 Å². The molecule has 0 aromatic carbocycles. The zero-order valence-electron chi connectivity index (χ0n) is 12.9. The number of ether oxygens (including phenoxy) is 1. The van der Waals surface area contributed by atoms with E-state index >= 15 is 0 Å². The van der Waals surface area contributed by atoms with Gasteiger partial charge in [-0.25, -0.2) is 4.98 Å². The maximum atomic E-state index is 5.88. The highest BCUT2D eigenvalue weighted by atomic mass is 16.5. The molecule has 0 saturated carbocycles. The fraction of sp³-hybridized carbons (Fsp3) is 0.800. The number of nitrogens with one attached hydrogen (secondary N) is 1. The van der Waals surface area contributed by atoms with Crippen molar-refractivity contribution in [2.24, 2.45) is 0 Å². The molecular weight excluding hydrogens is 238 g/mol. The van der Waals surface area contributed by atoms with Crippen LogP contribution in [0, 0.1) is 0 Å². The fourth-order valence-corrected chi connectivity index (χ4v) is 2.49. The fourth-order valence-electron chi connectivity index (χ4n) is 2.49. The van der Waals surface area contributed by atoms with Gasteiger partial charge in [-0.1, -0.05) is 20.3 Å². The predicted molar refractivity (Wildman–Crippen MR) is 79.4 cm³/mol. The Kier molecular flexibility index (Phi) is 7.75. The summed E-state index contributed by atoms with van der Waals surface area (Å²) in [6.07, 6.45) is 8.53. The van der Waals surface area contributed by atoms with Crippen LogP contribution in [-0.4, -0.2) is 35.4 Å². The Labute approximate surface area is 117 Å². The van der Waals surface area contributed by atoms with Crippen LogP contribution in [0.15, 0.2) is 12.4 Å². The van der Waals surface area contributed by atoms with Crippen LogP contribution in [0.5, 0.6) is 0 Å². The van der Waals surface area contributed by atoms with Crippen molar-refractivity contribution in [2.75, 3.05) is 13.7 Å². The molecule has 4 heteroatoms. The zero-order chi connectivity index (χ0) is 14.1. The van der Waals surface area contributed by atoms with Crippen molar-refractivity contribution in [3.05, 3.63) is 18.2 Å². The summed E-state index contributed by atoms with van der Waals surface area (Å²) in [6.45, 7) is 8.27. The zero-order valence-corrected chi connectivity index (χ0v) is 12.9. The van der Waals surface area contributed by atoms with E-state index in [4.69, 9.17) is 4.74 Å². The monoisotopic (exact) mass is 267 g/mol. The molecule has 110 valence electrons. The van der Waals surface area contributed by atoms with Gasteiger partial charge in [-0.3, -0.25) is 0 Å². The van der Waals surface area contributed by atoms with Crippen LogP contribution >= 0.6 is 0 Å². The molecule has 19 heavy (non-hydrogen) atoms. The normalized spacial score (nSPS) is 14.5. The van der Waals surface area contributed by atoms with E-state index in [1.165, 1.54) is 0 Å². The van der Waals surface area contributed by atoms with Crippen LogP contribution in [0.1, 0.15) is 45.9 Å². The first-order chi connectivity index (χ1) is 9.26. The third-order valence-corrected chi connectivity index (χ3v) is 3.44. The van der Waals surface area contributed by atoms with Gasteiger partial charge >= 0.3 is 0 Å². The van der Waals surface area contributed by atoms with Gasteiger partial charge in [0.25, 0.3) is 0 Å². The van der Waals surface area contributed by atoms with Gasteiger partial charge in [0.05, 0.1) is 6.10 Å². The summed E-state index contributed by atoms with van der Waals surface area (Å²) in [7, 11) is 2.01. The van der Waals surface area contributed by atoms with Crippen molar-refractivity contribution < 1.29 is 4.74 Å². The van der Waals surface area contributed by atoms with Crippen LogP contribution < -0.4 is 5.32 Å². The molecule has 2 atom stereocenters. The Morgan fingerprint density at radius 3 is 2.68 bits per heavy atom. The predicted octanol–water partition coefficient (Wildman–Crippen LogP) is 2.63. The minimum atomic E-state index is 0.270. The lowest BCUT2D eigenvalue weighted by Crippen LogP contribution is -2.41. The molecule has 1 rings (SSSR count). The van der Waals surface area contributed by atoms with Gasteiger partial charge in [-0.15, -0.1) is 0 Å². The van der Waals surface area contributed by atoms with Crippen molar-refractivity contribution in [3.8, 4) is 0 Å². The third-order valence-electron chi connectivity index (χ3n) is 3.44. The number of likely N-dealkylation sites (N-methyl/N-ethyl adjacent to an activating group) is 1. The van der Waals surface area contributed by atoms with Gasteiger partial charge < -0.3 is 14.6 Å². The van der Waals surface area contributed by atoms with E-state index < -0.39 is 0 Å². The number of aromatic nitrogens is 2. The Morgan fingerprint density at radius 2 is 2.11 bits per heavy atom. The molecule has 0 spiro atoms. The van der Waals surface area contributed by atoms with Gasteiger partial charge in [0.15, 0.2) is 0 Å². The van der Waals surface area contributed by atoms with Crippen molar-refractivity contribution in [1.82, 2.24) is 14.9 Å². The van der Waals surface area contributed by atoms with Crippen molar-refractivity contribution in [3.63, 3.8) is 0 Å². The summed E-state index contributed by atoms with van der Waals surface area (Å²) in [4.78, 5) is 4.49. The quantitative estimate of drug-likeness (QED) is 0.708. The maximum Gasteiger partial charge on any atom is 0.110 e. The van der Waals surface area contributed by atoms with Crippen molar-refractivity contribution >= 4 is 0 Å². The maximum absolute atomic E-state index is 5.88. The molecule has 1 aromatic rings. The minimum absolute atomic E-state index is 0.270. The van der Waals surface area contributed by atoms with E-state index in [9.17, 15) is 0 Å². The van der Waals surface area contributed by atoms with Crippen LogP contribution in [0.3, 0.4) is 0 Å². The molecule has 1 aromatic heterocycles. The molecule has 0 radical (unpaired) electrons. The number of hydrogen-bond acceptors (Lipinski definition) is 3. The standard InChI is InChI=1S/C15H29N3O/c1-5-8-14(19-7-3)13(16-4)12-15-17-9-11-18(15)10-6-2/h9,11,13-14,16H,5-8,10,12H2,1-4H3. The first-order valence-corrected chi connectivity index (χ1v) is 7.55. The summed E-state index contributed by atoms with van der Waals surface area (Å²) < 4.78 is 8.13. The molecule has 0 saturated heterocycles. The van der Waals surface area contributed by atoms with Crippen molar-refractivity contribution in [2.45, 2.75) is 65.1 Å². The third kappa shape index (κ3) is 4.96. The Hall–Kier alpha value is -0.870. The molecule has 0 aliphatic heterocycles. The molecule has 4 nitrogen and oxygen atoms in total. The molecule has 0 aliphatic rings. The molecule has 0 fully saturated rings. The average molecular weight is 267 g/mol. The molecule has 0 aliphatic carbocycles. The van der Waals surface area contributed by atoms with Crippen molar-refractivity contribution in [1.29, 1.82) is 0 Å². The Bertz CT molecular complexity index is 332. The summed E-state index contributed by atoms with van der Waals surface area (Å²) in [5, 5.41) is 3.40. The van der Waals surface area contributed by atoms with Gasteiger partial charge in [-0.2, -0.15) is 0 Å². The summed E-state index contributed by atoms with van der Waals surface area (Å²) in [5.41, 5.74) is 0. The second-order valence-corrected chi connectivity index (χ2v) is 4.92. The smallest absolute Gasteiger partial charge is 0.110 e. The average Bonchev–Trinajstić information content (AvgIpc) is 2.83. The van der Waals surface area contributed by atoms with Gasteiger partial charge in [0.1, 0.15) is 5.82 Å². The number of aryl methyl sites for hydroxylation is 1. The molecule has 2 unspecified atom stereocenters. The summed E-state index contributed by atoms with van der Waals surface area (Å²) in [5.74, 6) is 1.15. The largest absolute Gasteiger partial charge is 0.377 e. The van der Waals surface area contributed by atoms with Crippen LogP contribution in [0.4, 0.5) is 0 Å². The second-order valence-electron chi connectivity index (χ2n) is 4.92. The van der Waals surface area contributed by atoms with E-state index in [1.54, 1.807) is 0 Å². The highest BCUT2D eigenvalue weighted by Crippen LogP contribution is 2.12. The number of nitrogens with zero attached hydrogens (tertiary/aromatic N) is 2. The van der Waals surface area contributed by atoms with Gasteiger partial charge in [0, 0.05) is 38.0 Å². The summed E-state index contributed by atoms with van der Waals surface area (Å²) in [6, 6.07) is 0.331. The Balaban J connectivity index is 2.70. The lowest BCUT2D eigenvalue weighted by molar-refractivity contribution is 0.0294. The minimum Gasteiger partial charge on any atom is -0.377 e. The first kappa shape index (κ1) is 16.2. The first-order valence-electron chi connectivity index (χ1n) is 7.55. The topological polar surface area (TPSA) is 39.1 Å². The highest BCUT2D eigenvalue weighted by molar-refractivity contribution is 4.97. The molecular formula is C15H29N3O. The van der Waals surface area contributed by atoms with E-state index in [0.29, 0.717) is 6.04 Å². The number of hydrogen-bond donors (Lipinski definition) is 1. The molecule has 1 heterocycles. The number of imidazole rings is 1. The van der Waals surface area contributed by atoms with Gasteiger partial charge in [0.2, 0.25) is 0 Å². The van der Waals surface area contributed by atoms with Crippen LogP contribution in [-0.2, 0) is 17.7 Å². The van der Waals surface area contributed by atoms with E-state index in [1.807, 2.05) is 13.2 Å². The SMILES string of the molecule is CCCC(OCC)C(Cc1nccn1CCC)NC. The summed E-state index contributed by atoms with van der Waals surface area (Å²) >= 11 is 0. The molecule has 1 N–H and O–H groups in total. The lowest BCUT2D eigenvalue weighted by atomic mass is 10.0. The second kappa shape index (κ2) is 9.10. The van der Waals surface area contributed by atoms with E-state index in [2.05, 4.69) is 41.8 Å². The van der Waals surface area contributed by atoms with E-state index in [0.717, 1.165) is 44.7 Å². The van der Waals surface area contributed by atoms with Crippen LogP contribution in [0.2, 0.25) is 0 Å².